The van der Waals surface area contributed by atoms with Gasteiger partial charge >= 0.3 is 12.1 Å². The molecule has 0 spiro atoms. The summed E-state index contributed by atoms with van der Waals surface area (Å²) >= 11 is 0. The lowest BCUT2D eigenvalue weighted by atomic mass is 9.91. The molecule has 4 nitrogen and oxygen atoms in total. The van der Waals surface area contributed by atoms with Crippen molar-refractivity contribution < 1.29 is 27.4 Å². The van der Waals surface area contributed by atoms with Gasteiger partial charge in [-0.3, -0.25) is 4.90 Å². The van der Waals surface area contributed by atoms with Crippen LogP contribution in [0.1, 0.15) is 72.4 Å². The molecule has 35 heavy (non-hydrogen) atoms. The number of esters is 1. The van der Waals surface area contributed by atoms with E-state index in [0.29, 0.717) is 19.4 Å². The summed E-state index contributed by atoms with van der Waals surface area (Å²) in [6.07, 6.45) is -3.31. The van der Waals surface area contributed by atoms with Crippen molar-refractivity contribution in [3.63, 3.8) is 0 Å². The van der Waals surface area contributed by atoms with Crippen molar-refractivity contribution in [1.82, 2.24) is 4.90 Å². The van der Waals surface area contributed by atoms with Crippen LogP contribution in [0.25, 0.3) is 0 Å². The number of carbonyl (C=O) groups is 1. The molecule has 0 saturated carbocycles. The molecule has 1 heterocycles. The molecule has 3 rings (SSSR count). The lowest BCUT2D eigenvalue weighted by Crippen LogP contribution is -2.58. The van der Waals surface area contributed by atoms with Crippen LogP contribution in [0.2, 0.25) is 0 Å². The molecule has 0 radical (unpaired) electrons. The fourth-order valence-corrected chi connectivity index (χ4v) is 3.68. The SMILES string of the molecule is CC.CC.CC(C)(C)OC(=O)C1(Oc2ccc(C(F)(F)F)cc2)CCCN(Cc2ccccc2)C1. The highest BCUT2D eigenvalue weighted by Crippen LogP contribution is 2.34. The normalized spacial score (nSPS) is 18.3. The van der Waals surface area contributed by atoms with Gasteiger partial charge in [-0.05, 0) is 63.6 Å². The number of likely N-dealkylation sites (tertiary alicyclic amines) is 1. The van der Waals surface area contributed by atoms with Crippen LogP contribution in [0.3, 0.4) is 0 Å². The van der Waals surface area contributed by atoms with Gasteiger partial charge in [0, 0.05) is 19.5 Å². The zero-order chi connectivity index (χ0) is 26.7. The average Bonchev–Trinajstić information content (AvgIpc) is 2.81. The Morgan fingerprint density at radius 2 is 1.51 bits per heavy atom. The fraction of sp³-hybridized carbons (Fsp3) is 0.536. The monoisotopic (exact) mass is 495 g/mol. The molecule has 2 aromatic rings. The Hall–Kier alpha value is -2.54. The first kappa shape index (κ1) is 30.5. The van der Waals surface area contributed by atoms with Crippen molar-refractivity contribution in [2.75, 3.05) is 13.1 Å². The number of rotatable bonds is 5. The van der Waals surface area contributed by atoms with Gasteiger partial charge in [0.25, 0.3) is 0 Å². The maximum Gasteiger partial charge on any atom is 0.416 e. The first-order chi connectivity index (χ1) is 16.5. The Morgan fingerprint density at radius 3 is 2.03 bits per heavy atom. The third-order valence-corrected chi connectivity index (χ3v) is 5.05. The van der Waals surface area contributed by atoms with Gasteiger partial charge in [0.1, 0.15) is 11.4 Å². The molecule has 1 atom stereocenters. The quantitative estimate of drug-likeness (QED) is 0.402. The highest BCUT2D eigenvalue weighted by molar-refractivity contribution is 5.81. The van der Waals surface area contributed by atoms with Crippen LogP contribution in [-0.4, -0.2) is 35.2 Å². The van der Waals surface area contributed by atoms with Gasteiger partial charge in [-0.1, -0.05) is 58.0 Å². The Labute approximate surface area is 208 Å². The second kappa shape index (κ2) is 13.5. The van der Waals surface area contributed by atoms with Crippen LogP contribution >= 0.6 is 0 Å². The summed E-state index contributed by atoms with van der Waals surface area (Å²) in [7, 11) is 0. The van der Waals surface area contributed by atoms with Crippen molar-refractivity contribution >= 4 is 5.97 Å². The molecule has 0 N–H and O–H groups in total. The average molecular weight is 496 g/mol. The van der Waals surface area contributed by atoms with E-state index in [2.05, 4.69) is 4.90 Å². The van der Waals surface area contributed by atoms with Crippen LogP contribution in [-0.2, 0) is 22.3 Å². The van der Waals surface area contributed by atoms with Crippen LogP contribution in [0.4, 0.5) is 13.2 Å². The highest BCUT2D eigenvalue weighted by atomic mass is 19.4. The van der Waals surface area contributed by atoms with Crippen molar-refractivity contribution in [3.8, 4) is 5.75 Å². The van der Waals surface area contributed by atoms with E-state index in [4.69, 9.17) is 9.47 Å². The summed E-state index contributed by atoms with van der Waals surface area (Å²) in [4.78, 5) is 15.3. The largest absolute Gasteiger partial charge is 0.474 e. The summed E-state index contributed by atoms with van der Waals surface area (Å²) in [6, 6.07) is 14.3. The standard InChI is InChI=1S/C24H28F3NO3.2C2H6/c1-22(2,3)31-21(29)23(30-20-12-10-19(11-13-20)24(25,26)27)14-7-15-28(17-23)16-18-8-5-4-6-9-18;2*1-2/h4-6,8-13H,7,14-17H2,1-3H3;2*1-2H3. The molecule has 1 aliphatic rings. The third kappa shape index (κ3) is 9.55. The number of alkyl halides is 3. The maximum absolute atomic E-state index is 13.2. The third-order valence-electron chi connectivity index (χ3n) is 5.05. The van der Waals surface area contributed by atoms with Gasteiger partial charge < -0.3 is 9.47 Å². The lowest BCUT2D eigenvalue weighted by Gasteiger charge is -2.42. The Kier molecular flexibility index (Phi) is 11.8. The number of ether oxygens (including phenoxy) is 2. The molecule has 1 unspecified atom stereocenters. The first-order valence-corrected chi connectivity index (χ1v) is 12.3. The summed E-state index contributed by atoms with van der Waals surface area (Å²) < 4.78 is 50.5. The molecular formula is C28H40F3NO3. The van der Waals surface area contributed by atoms with Crippen molar-refractivity contribution in [1.29, 1.82) is 0 Å². The number of nitrogens with zero attached hydrogens (tertiary/aromatic N) is 1. The van der Waals surface area contributed by atoms with E-state index in [9.17, 15) is 18.0 Å². The minimum Gasteiger partial charge on any atom is -0.474 e. The predicted molar refractivity (Wildman–Crippen MR) is 134 cm³/mol. The smallest absolute Gasteiger partial charge is 0.416 e. The number of benzene rings is 2. The number of carbonyl (C=O) groups excluding carboxylic acids is 1. The van der Waals surface area contributed by atoms with Gasteiger partial charge in [-0.15, -0.1) is 0 Å². The molecule has 0 aromatic heterocycles. The van der Waals surface area contributed by atoms with E-state index in [1.807, 2.05) is 58.0 Å². The van der Waals surface area contributed by atoms with E-state index in [-0.39, 0.29) is 12.3 Å². The molecule has 2 aromatic carbocycles. The van der Waals surface area contributed by atoms with Gasteiger partial charge in [-0.25, -0.2) is 4.79 Å². The Bertz CT molecular complexity index is 877. The zero-order valence-corrected chi connectivity index (χ0v) is 22.0. The number of hydrogen-bond acceptors (Lipinski definition) is 4. The number of hydrogen-bond donors (Lipinski definition) is 0. The van der Waals surface area contributed by atoms with E-state index < -0.39 is 28.9 Å². The zero-order valence-electron chi connectivity index (χ0n) is 22.0. The van der Waals surface area contributed by atoms with Gasteiger partial charge in [0.2, 0.25) is 5.60 Å². The molecule has 0 aliphatic carbocycles. The Balaban J connectivity index is 0.00000145. The van der Waals surface area contributed by atoms with Crippen molar-refractivity contribution in [3.05, 3.63) is 65.7 Å². The number of piperidine rings is 1. The van der Waals surface area contributed by atoms with Crippen LogP contribution in [0.15, 0.2) is 54.6 Å². The van der Waals surface area contributed by atoms with Crippen molar-refractivity contribution in [2.24, 2.45) is 0 Å². The van der Waals surface area contributed by atoms with Crippen LogP contribution in [0.5, 0.6) is 5.75 Å². The molecule has 7 heteroatoms. The lowest BCUT2D eigenvalue weighted by molar-refractivity contribution is -0.179. The number of halogens is 3. The topological polar surface area (TPSA) is 38.8 Å². The molecule has 0 amide bonds. The van der Waals surface area contributed by atoms with Crippen LogP contribution < -0.4 is 4.74 Å². The Morgan fingerprint density at radius 1 is 0.943 bits per heavy atom. The first-order valence-electron chi connectivity index (χ1n) is 12.3. The fourth-order valence-electron chi connectivity index (χ4n) is 3.68. The molecule has 196 valence electrons. The van der Waals surface area contributed by atoms with E-state index in [0.717, 1.165) is 24.2 Å². The summed E-state index contributed by atoms with van der Waals surface area (Å²) in [6.45, 7) is 15.1. The predicted octanol–water partition coefficient (Wildman–Crippen LogP) is 7.51. The van der Waals surface area contributed by atoms with E-state index in [1.165, 1.54) is 12.1 Å². The van der Waals surface area contributed by atoms with E-state index in [1.54, 1.807) is 20.8 Å². The second-order valence-electron chi connectivity index (χ2n) is 8.92. The van der Waals surface area contributed by atoms with Crippen molar-refractivity contribution in [2.45, 2.75) is 85.2 Å². The molecular weight excluding hydrogens is 455 g/mol. The minimum atomic E-state index is -4.43. The molecule has 1 saturated heterocycles. The second-order valence-corrected chi connectivity index (χ2v) is 8.92. The summed E-state index contributed by atoms with van der Waals surface area (Å²) in [5.74, 6) is -0.293. The summed E-state index contributed by atoms with van der Waals surface area (Å²) in [5.41, 5.74) is -1.66. The van der Waals surface area contributed by atoms with Gasteiger partial charge in [0.05, 0.1) is 5.56 Å². The maximum atomic E-state index is 13.2. The highest BCUT2D eigenvalue weighted by Gasteiger charge is 2.47. The molecule has 1 aliphatic heterocycles. The minimum absolute atomic E-state index is 0.209. The van der Waals surface area contributed by atoms with E-state index >= 15 is 0 Å². The van der Waals surface area contributed by atoms with Gasteiger partial charge in [0.15, 0.2) is 0 Å². The molecule has 1 fully saturated rings. The molecule has 0 bridgehead atoms. The van der Waals surface area contributed by atoms with Crippen LogP contribution in [0, 0.1) is 0 Å². The van der Waals surface area contributed by atoms with Gasteiger partial charge in [-0.2, -0.15) is 13.2 Å². The summed E-state index contributed by atoms with van der Waals surface area (Å²) in [5, 5.41) is 0.